The van der Waals surface area contributed by atoms with E-state index in [1.165, 1.54) is 0 Å². The molecule has 15 heavy (non-hydrogen) atoms. The van der Waals surface area contributed by atoms with Gasteiger partial charge in [0.05, 0.1) is 10.8 Å². The van der Waals surface area contributed by atoms with Crippen LogP contribution in [0, 0.1) is 5.92 Å². The Morgan fingerprint density at radius 2 is 2.00 bits per heavy atom. The topological polar surface area (TPSA) is 42.0 Å². The minimum absolute atomic E-state index is 0.611. The molecule has 1 unspecified atom stereocenters. The normalized spacial score (nSPS) is 20.0. The molecule has 4 heteroatoms. The van der Waals surface area contributed by atoms with Crippen molar-refractivity contribution in [2.75, 3.05) is 18.8 Å². The Labute approximate surface area is 92.8 Å². The Balaban J connectivity index is 1.91. The van der Waals surface area contributed by atoms with E-state index in [1.807, 2.05) is 12.1 Å². The van der Waals surface area contributed by atoms with Crippen molar-refractivity contribution in [3.8, 4) is 0 Å². The molecule has 1 fully saturated rings. The van der Waals surface area contributed by atoms with Crippen molar-refractivity contribution in [3.63, 3.8) is 0 Å². The van der Waals surface area contributed by atoms with Gasteiger partial charge in [-0.3, -0.25) is 9.19 Å². The summed E-state index contributed by atoms with van der Waals surface area (Å²) < 4.78 is 12.0. The Hall–Kier alpha value is -0.740. The maximum absolute atomic E-state index is 12.0. The van der Waals surface area contributed by atoms with Crippen LogP contribution in [0.2, 0.25) is 0 Å². The molecule has 1 aromatic heterocycles. The van der Waals surface area contributed by atoms with Crippen molar-refractivity contribution in [1.29, 1.82) is 0 Å². The van der Waals surface area contributed by atoms with Gasteiger partial charge in [-0.15, -0.1) is 0 Å². The number of hydrogen-bond donors (Lipinski definition) is 1. The average Bonchev–Trinajstić information content (AvgIpc) is 2.31. The summed E-state index contributed by atoms with van der Waals surface area (Å²) >= 11 is 0. The summed E-state index contributed by atoms with van der Waals surface area (Å²) in [4.78, 5) is 4.84. The van der Waals surface area contributed by atoms with Crippen LogP contribution in [0.15, 0.2) is 29.4 Å². The lowest BCUT2D eigenvalue weighted by Gasteiger charge is -2.21. The molecule has 1 aliphatic rings. The second kappa shape index (κ2) is 5.37. The van der Waals surface area contributed by atoms with Gasteiger partial charge in [-0.1, -0.05) is 0 Å². The van der Waals surface area contributed by atoms with Crippen LogP contribution < -0.4 is 5.32 Å². The summed E-state index contributed by atoms with van der Waals surface area (Å²) in [5.41, 5.74) is 0. The van der Waals surface area contributed by atoms with Crippen LogP contribution in [0.1, 0.15) is 12.8 Å². The summed E-state index contributed by atoms with van der Waals surface area (Å²) in [5.74, 6) is 1.41. The Morgan fingerprint density at radius 3 is 2.67 bits per heavy atom. The fourth-order valence-electron chi connectivity index (χ4n) is 1.85. The first-order valence-electron chi connectivity index (χ1n) is 5.35. The van der Waals surface area contributed by atoms with Crippen molar-refractivity contribution in [2.45, 2.75) is 17.7 Å². The molecule has 2 rings (SSSR count). The number of aromatic nitrogens is 1. The molecule has 0 aromatic carbocycles. The second-order valence-corrected chi connectivity index (χ2v) is 5.38. The minimum Gasteiger partial charge on any atom is -0.317 e. The molecular formula is C11H16N2OS. The van der Waals surface area contributed by atoms with Gasteiger partial charge >= 0.3 is 0 Å². The zero-order chi connectivity index (χ0) is 10.5. The first-order valence-corrected chi connectivity index (χ1v) is 6.67. The zero-order valence-corrected chi connectivity index (χ0v) is 9.50. The Kier molecular flexibility index (Phi) is 3.86. The third-order valence-electron chi connectivity index (χ3n) is 2.76. The molecule has 0 saturated carbocycles. The maximum Gasteiger partial charge on any atom is 0.0533 e. The first-order chi connectivity index (χ1) is 7.36. The molecule has 2 heterocycles. The minimum atomic E-state index is -0.849. The lowest BCUT2D eigenvalue weighted by atomic mass is 10.0. The highest BCUT2D eigenvalue weighted by Crippen LogP contribution is 2.16. The van der Waals surface area contributed by atoms with Crippen LogP contribution in [-0.2, 0) is 10.8 Å². The number of piperidine rings is 1. The smallest absolute Gasteiger partial charge is 0.0533 e. The van der Waals surface area contributed by atoms with E-state index in [4.69, 9.17) is 0 Å². The van der Waals surface area contributed by atoms with E-state index < -0.39 is 10.8 Å². The molecule has 1 saturated heterocycles. The van der Waals surface area contributed by atoms with Gasteiger partial charge < -0.3 is 5.32 Å². The van der Waals surface area contributed by atoms with Crippen molar-refractivity contribution >= 4 is 10.8 Å². The van der Waals surface area contributed by atoms with Gasteiger partial charge in [0.15, 0.2) is 0 Å². The van der Waals surface area contributed by atoms with E-state index in [1.54, 1.807) is 12.4 Å². The molecule has 0 amide bonds. The summed E-state index contributed by atoms with van der Waals surface area (Å²) in [6.07, 6.45) is 5.71. The van der Waals surface area contributed by atoms with Gasteiger partial charge in [0.1, 0.15) is 0 Å². The predicted octanol–water partition coefficient (Wildman–Crippen LogP) is 1.19. The largest absolute Gasteiger partial charge is 0.317 e. The van der Waals surface area contributed by atoms with Gasteiger partial charge in [-0.2, -0.15) is 0 Å². The van der Waals surface area contributed by atoms with Gasteiger partial charge in [-0.05, 0) is 44.0 Å². The van der Waals surface area contributed by atoms with Crippen LogP contribution in [-0.4, -0.2) is 28.0 Å². The fraction of sp³-hybridized carbons (Fsp3) is 0.545. The van der Waals surface area contributed by atoms with Crippen LogP contribution in [0.5, 0.6) is 0 Å². The molecule has 0 radical (unpaired) electrons. The molecule has 1 atom stereocenters. The van der Waals surface area contributed by atoms with Crippen LogP contribution in [0.4, 0.5) is 0 Å². The van der Waals surface area contributed by atoms with Crippen molar-refractivity contribution < 1.29 is 4.21 Å². The van der Waals surface area contributed by atoms with Gasteiger partial charge in [-0.25, -0.2) is 0 Å². The Morgan fingerprint density at radius 1 is 1.33 bits per heavy atom. The first kappa shape index (κ1) is 10.8. The van der Waals surface area contributed by atoms with E-state index in [0.29, 0.717) is 5.92 Å². The standard InChI is InChI=1S/C11H16N2OS/c14-15(11-3-7-13-8-4-11)9-10-1-5-12-6-2-10/h3-4,7-8,10,12H,1-2,5-6,9H2. The van der Waals surface area contributed by atoms with E-state index in [2.05, 4.69) is 10.3 Å². The fourth-order valence-corrected chi connectivity index (χ4v) is 3.23. The number of nitrogens with one attached hydrogen (secondary N) is 1. The van der Waals surface area contributed by atoms with Gasteiger partial charge in [0.2, 0.25) is 0 Å². The third kappa shape index (κ3) is 3.11. The van der Waals surface area contributed by atoms with E-state index in [-0.39, 0.29) is 0 Å². The molecule has 1 N–H and O–H groups in total. The monoisotopic (exact) mass is 224 g/mol. The van der Waals surface area contributed by atoms with Crippen LogP contribution >= 0.6 is 0 Å². The average molecular weight is 224 g/mol. The van der Waals surface area contributed by atoms with E-state index >= 15 is 0 Å². The molecule has 1 aliphatic heterocycles. The highest BCUT2D eigenvalue weighted by Gasteiger charge is 2.16. The molecule has 0 aliphatic carbocycles. The molecular weight excluding hydrogens is 208 g/mol. The predicted molar refractivity (Wildman–Crippen MR) is 61.1 cm³/mol. The SMILES string of the molecule is O=S(CC1CCNCC1)c1ccncc1. The van der Waals surface area contributed by atoms with Crippen molar-refractivity contribution in [1.82, 2.24) is 10.3 Å². The van der Waals surface area contributed by atoms with Gasteiger partial charge in [0, 0.05) is 23.0 Å². The van der Waals surface area contributed by atoms with Gasteiger partial charge in [0.25, 0.3) is 0 Å². The summed E-state index contributed by atoms with van der Waals surface area (Å²) in [6, 6.07) is 3.69. The lowest BCUT2D eigenvalue weighted by Crippen LogP contribution is -2.30. The number of hydrogen-bond acceptors (Lipinski definition) is 3. The van der Waals surface area contributed by atoms with Crippen molar-refractivity contribution in [2.24, 2.45) is 5.92 Å². The highest BCUT2D eigenvalue weighted by molar-refractivity contribution is 7.85. The number of nitrogens with zero attached hydrogens (tertiary/aromatic N) is 1. The van der Waals surface area contributed by atoms with Crippen LogP contribution in [0.3, 0.4) is 0 Å². The molecule has 0 spiro atoms. The van der Waals surface area contributed by atoms with Crippen molar-refractivity contribution in [3.05, 3.63) is 24.5 Å². The number of rotatable bonds is 3. The summed E-state index contributed by atoms with van der Waals surface area (Å²) in [5, 5.41) is 3.32. The van der Waals surface area contributed by atoms with E-state index in [0.717, 1.165) is 36.6 Å². The molecule has 3 nitrogen and oxygen atoms in total. The zero-order valence-electron chi connectivity index (χ0n) is 8.69. The lowest BCUT2D eigenvalue weighted by molar-refractivity contribution is 0.405. The Bertz CT molecular complexity index is 323. The van der Waals surface area contributed by atoms with Crippen LogP contribution in [0.25, 0.3) is 0 Å². The highest BCUT2D eigenvalue weighted by atomic mass is 32.2. The maximum atomic E-state index is 12.0. The summed E-state index contributed by atoms with van der Waals surface area (Å²) in [6.45, 7) is 2.14. The third-order valence-corrected chi connectivity index (χ3v) is 4.33. The van der Waals surface area contributed by atoms with E-state index in [9.17, 15) is 4.21 Å². The molecule has 82 valence electrons. The summed E-state index contributed by atoms with van der Waals surface area (Å²) in [7, 11) is -0.849. The second-order valence-electron chi connectivity index (χ2n) is 3.89. The number of pyridine rings is 1. The quantitative estimate of drug-likeness (QED) is 0.838. The molecule has 0 bridgehead atoms. The molecule has 1 aromatic rings.